The Balaban J connectivity index is 2.34. The van der Waals surface area contributed by atoms with Gasteiger partial charge < -0.3 is 5.11 Å². The number of carboxylic acid groups (broad SMARTS) is 1. The molecule has 0 aliphatic carbocycles. The van der Waals surface area contributed by atoms with Gasteiger partial charge in [-0.25, -0.2) is 0 Å². The molecule has 0 spiro atoms. The van der Waals surface area contributed by atoms with Crippen molar-refractivity contribution in [2.45, 2.75) is 40.0 Å². The fourth-order valence-electron chi connectivity index (χ4n) is 1.99. The van der Waals surface area contributed by atoms with Crippen molar-refractivity contribution in [1.29, 1.82) is 0 Å². The topological polar surface area (TPSA) is 80.4 Å². The van der Waals surface area contributed by atoms with E-state index in [1.54, 1.807) is 4.52 Å². The van der Waals surface area contributed by atoms with Crippen molar-refractivity contribution in [1.82, 2.24) is 19.8 Å². The summed E-state index contributed by atoms with van der Waals surface area (Å²) in [6.45, 7) is 5.64. The van der Waals surface area contributed by atoms with Crippen molar-refractivity contribution in [2.24, 2.45) is 5.41 Å². The van der Waals surface area contributed by atoms with Crippen molar-refractivity contribution in [3.8, 4) is 0 Å². The number of carbonyl (C=O) groups is 1. The van der Waals surface area contributed by atoms with Crippen LogP contribution in [-0.4, -0.2) is 30.9 Å². The predicted octanol–water partition coefficient (Wildman–Crippen LogP) is 1.93. The molecule has 18 heavy (non-hydrogen) atoms. The second kappa shape index (κ2) is 4.64. The van der Waals surface area contributed by atoms with Gasteiger partial charge in [0.05, 0.1) is 5.41 Å². The molecule has 2 heterocycles. The first kappa shape index (κ1) is 12.9. The summed E-state index contributed by atoms with van der Waals surface area (Å²) in [6, 6.07) is 0. The zero-order valence-electron chi connectivity index (χ0n) is 10.7. The van der Waals surface area contributed by atoms with Crippen molar-refractivity contribution in [3.05, 3.63) is 10.8 Å². The van der Waals surface area contributed by atoms with Gasteiger partial charge in [-0.15, -0.1) is 10.2 Å². The van der Waals surface area contributed by atoms with E-state index in [0.717, 1.165) is 10.8 Å². The molecule has 0 aromatic carbocycles. The van der Waals surface area contributed by atoms with Gasteiger partial charge in [-0.1, -0.05) is 25.2 Å². The van der Waals surface area contributed by atoms with Gasteiger partial charge in [-0.2, -0.15) is 9.61 Å². The summed E-state index contributed by atoms with van der Waals surface area (Å²) < 4.78 is 1.66. The van der Waals surface area contributed by atoms with Gasteiger partial charge in [-0.05, 0) is 19.8 Å². The predicted molar refractivity (Wildman–Crippen MR) is 67.8 cm³/mol. The van der Waals surface area contributed by atoms with Crippen LogP contribution in [0.3, 0.4) is 0 Å². The Hall–Kier alpha value is -1.50. The summed E-state index contributed by atoms with van der Waals surface area (Å²) in [6.07, 6.45) is 1.64. The van der Waals surface area contributed by atoms with E-state index in [2.05, 4.69) is 15.3 Å². The van der Waals surface area contributed by atoms with Gasteiger partial charge in [0.15, 0.2) is 5.82 Å². The molecule has 0 bridgehead atoms. The average Bonchev–Trinajstić information content (AvgIpc) is 2.88. The minimum atomic E-state index is -0.754. The molecule has 0 unspecified atom stereocenters. The van der Waals surface area contributed by atoms with E-state index < -0.39 is 11.4 Å². The van der Waals surface area contributed by atoms with Crippen molar-refractivity contribution < 1.29 is 9.90 Å². The van der Waals surface area contributed by atoms with Gasteiger partial charge >= 0.3 is 5.97 Å². The summed E-state index contributed by atoms with van der Waals surface area (Å²) in [4.78, 5) is 12.2. The molecule has 0 radical (unpaired) electrons. The second-order valence-electron chi connectivity index (χ2n) is 4.41. The van der Waals surface area contributed by atoms with Crippen LogP contribution in [0.2, 0.25) is 0 Å². The maximum absolute atomic E-state index is 11.5. The lowest BCUT2D eigenvalue weighted by atomic mass is 9.79. The summed E-state index contributed by atoms with van der Waals surface area (Å²) in [5.74, 6) is -0.0309. The molecule has 2 aromatic rings. The van der Waals surface area contributed by atoms with Crippen LogP contribution in [0, 0.1) is 12.3 Å². The van der Waals surface area contributed by atoms with Crippen molar-refractivity contribution in [3.63, 3.8) is 0 Å². The van der Waals surface area contributed by atoms with Gasteiger partial charge in [-0.3, -0.25) is 4.79 Å². The second-order valence-corrected chi connectivity index (χ2v) is 5.45. The summed E-state index contributed by atoms with van der Waals surface area (Å²) in [7, 11) is 0. The molecular formula is C11H16N4O2S. The molecule has 6 nitrogen and oxygen atoms in total. The number of hydrogen-bond acceptors (Lipinski definition) is 5. The molecule has 0 aliphatic rings. The van der Waals surface area contributed by atoms with E-state index in [1.807, 2.05) is 20.8 Å². The third kappa shape index (κ3) is 1.98. The van der Waals surface area contributed by atoms with Crippen LogP contribution in [0.25, 0.3) is 4.96 Å². The van der Waals surface area contributed by atoms with E-state index in [-0.39, 0.29) is 0 Å². The molecule has 0 fully saturated rings. The van der Waals surface area contributed by atoms with Crippen LogP contribution in [0.5, 0.6) is 0 Å². The third-order valence-corrected chi connectivity index (χ3v) is 4.38. The highest BCUT2D eigenvalue weighted by Gasteiger charge is 2.36. The van der Waals surface area contributed by atoms with Crippen LogP contribution >= 0.6 is 11.3 Å². The molecule has 1 N–H and O–H groups in total. The Morgan fingerprint density at radius 2 is 2.06 bits per heavy atom. The molecular weight excluding hydrogens is 252 g/mol. The summed E-state index contributed by atoms with van der Waals surface area (Å²) >= 11 is 1.41. The molecule has 7 heteroatoms. The van der Waals surface area contributed by atoms with Gasteiger partial charge in [0, 0.05) is 6.42 Å². The Morgan fingerprint density at radius 1 is 1.39 bits per heavy atom. The summed E-state index contributed by atoms with van der Waals surface area (Å²) in [5, 5.41) is 22.5. The van der Waals surface area contributed by atoms with Crippen molar-refractivity contribution >= 4 is 22.3 Å². The van der Waals surface area contributed by atoms with Crippen LogP contribution in [0.15, 0.2) is 0 Å². The van der Waals surface area contributed by atoms with Crippen LogP contribution < -0.4 is 0 Å². The Kier molecular flexibility index (Phi) is 3.34. The fourth-order valence-corrected chi connectivity index (χ4v) is 3.02. The number of aryl methyl sites for hydroxylation is 1. The maximum Gasteiger partial charge on any atom is 0.310 e. The van der Waals surface area contributed by atoms with Gasteiger partial charge in [0.25, 0.3) is 0 Å². The molecule has 0 amide bonds. The summed E-state index contributed by atoms with van der Waals surface area (Å²) in [5.41, 5.74) is -0.725. The van der Waals surface area contributed by atoms with Crippen LogP contribution in [-0.2, 0) is 11.2 Å². The lowest BCUT2D eigenvalue weighted by Gasteiger charge is -2.25. The molecule has 0 atom stereocenters. The molecule has 0 aliphatic heterocycles. The quantitative estimate of drug-likeness (QED) is 0.896. The first-order valence-electron chi connectivity index (χ1n) is 5.93. The van der Waals surface area contributed by atoms with Gasteiger partial charge in [0.1, 0.15) is 5.01 Å². The largest absolute Gasteiger partial charge is 0.481 e. The molecule has 2 rings (SSSR count). The first-order valence-corrected chi connectivity index (χ1v) is 6.75. The molecule has 0 saturated carbocycles. The third-order valence-electron chi connectivity index (χ3n) is 3.49. The van der Waals surface area contributed by atoms with Gasteiger partial charge in [0.2, 0.25) is 4.96 Å². The molecule has 2 aromatic heterocycles. The number of carboxylic acids is 1. The normalized spacial score (nSPS) is 12.2. The highest BCUT2D eigenvalue weighted by atomic mass is 32.1. The van der Waals surface area contributed by atoms with E-state index in [0.29, 0.717) is 24.2 Å². The van der Waals surface area contributed by atoms with E-state index in [1.165, 1.54) is 11.3 Å². The van der Waals surface area contributed by atoms with E-state index in [9.17, 15) is 9.90 Å². The smallest absolute Gasteiger partial charge is 0.310 e. The van der Waals surface area contributed by atoms with Crippen LogP contribution in [0.4, 0.5) is 0 Å². The number of hydrogen-bond donors (Lipinski definition) is 1. The number of rotatable bonds is 5. The minimum Gasteiger partial charge on any atom is -0.481 e. The SMILES string of the molecule is CCC(CC)(Cc1nn2c(C)nnc2s1)C(=O)O. The zero-order valence-corrected chi connectivity index (χ0v) is 11.5. The molecule has 0 saturated heterocycles. The van der Waals surface area contributed by atoms with E-state index in [4.69, 9.17) is 0 Å². The van der Waals surface area contributed by atoms with Crippen molar-refractivity contribution in [2.75, 3.05) is 0 Å². The van der Waals surface area contributed by atoms with E-state index >= 15 is 0 Å². The van der Waals surface area contributed by atoms with Crippen LogP contribution in [0.1, 0.15) is 37.5 Å². The highest BCUT2D eigenvalue weighted by molar-refractivity contribution is 7.16. The maximum atomic E-state index is 11.5. The number of aliphatic carboxylic acids is 1. The standard InChI is InChI=1S/C11H16N4O2S/c1-4-11(5-2,9(16)17)6-8-14-15-7(3)12-13-10(15)18-8/h4-6H2,1-3H3,(H,16,17). The average molecular weight is 268 g/mol. The monoisotopic (exact) mass is 268 g/mol. The lowest BCUT2D eigenvalue weighted by molar-refractivity contribution is -0.149. The number of fused-ring (bicyclic) bond motifs is 1. The highest BCUT2D eigenvalue weighted by Crippen LogP contribution is 2.32. The molecule has 98 valence electrons. The minimum absolute atomic E-state index is 0.447. The Bertz CT molecular complexity index is 571. The number of nitrogens with zero attached hydrogens (tertiary/aromatic N) is 4. The Labute approximate surface area is 109 Å². The zero-order chi connectivity index (χ0) is 13.3. The number of aromatic nitrogens is 4. The Morgan fingerprint density at radius 3 is 2.56 bits per heavy atom. The lowest BCUT2D eigenvalue weighted by Crippen LogP contribution is -2.32. The first-order chi connectivity index (χ1) is 8.52. The fraction of sp³-hybridized carbons (Fsp3) is 0.636.